The van der Waals surface area contributed by atoms with Crippen molar-refractivity contribution >= 4 is 15.9 Å². The van der Waals surface area contributed by atoms with Gasteiger partial charge < -0.3 is 0 Å². The topological polar surface area (TPSA) is 30.7 Å². The second-order valence-electron chi connectivity index (χ2n) is 3.63. The number of rotatable bonds is 2. The normalized spacial score (nSPS) is 10.9. The van der Waals surface area contributed by atoms with Gasteiger partial charge in [0.15, 0.2) is 5.82 Å². The third-order valence-electron chi connectivity index (χ3n) is 2.20. The van der Waals surface area contributed by atoms with Gasteiger partial charge in [-0.05, 0) is 40.0 Å². The second kappa shape index (κ2) is 4.14. The average Bonchev–Trinajstić information content (AvgIpc) is 2.67. The van der Waals surface area contributed by atoms with Gasteiger partial charge in [-0.1, -0.05) is 13.8 Å². The molecule has 0 aliphatic rings. The van der Waals surface area contributed by atoms with E-state index in [1.165, 1.54) is 0 Å². The van der Waals surface area contributed by atoms with Crippen molar-refractivity contribution in [1.29, 1.82) is 0 Å². The Labute approximate surface area is 97.3 Å². The summed E-state index contributed by atoms with van der Waals surface area (Å²) < 4.78 is 2.82. The molecule has 0 spiro atoms. The van der Waals surface area contributed by atoms with Crippen LogP contribution in [0, 0.1) is 0 Å². The van der Waals surface area contributed by atoms with Crippen LogP contribution in [0.25, 0.3) is 5.82 Å². The summed E-state index contributed by atoms with van der Waals surface area (Å²) in [6.45, 7) is 4.29. The van der Waals surface area contributed by atoms with Gasteiger partial charge in [0.2, 0.25) is 0 Å². The summed E-state index contributed by atoms with van der Waals surface area (Å²) in [5, 5.41) is 4.29. The molecule has 78 valence electrons. The zero-order chi connectivity index (χ0) is 10.8. The van der Waals surface area contributed by atoms with Crippen molar-refractivity contribution in [3.63, 3.8) is 0 Å². The van der Waals surface area contributed by atoms with Crippen LogP contribution in [0.4, 0.5) is 0 Å². The number of aromatic nitrogens is 3. The van der Waals surface area contributed by atoms with Crippen molar-refractivity contribution in [3.05, 3.63) is 40.8 Å². The molecule has 4 heteroatoms. The van der Waals surface area contributed by atoms with Crippen LogP contribution < -0.4 is 0 Å². The van der Waals surface area contributed by atoms with Crippen molar-refractivity contribution < 1.29 is 0 Å². The Hall–Kier alpha value is -1.16. The van der Waals surface area contributed by atoms with Gasteiger partial charge in [0.25, 0.3) is 0 Å². The Balaban J connectivity index is 2.55. The van der Waals surface area contributed by atoms with Gasteiger partial charge in [-0.15, -0.1) is 0 Å². The van der Waals surface area contributed by atoms with Crippen molar-refractivity contribution in [1.82, 2.24) is 14.8 Å². The Morgan fingerprint density at radius 3 is 2.73 bits per heavy atom. The summed E-state index contributed by atoms with van der Waals surface area (Å²) in [7, 11) is 0. The van der Waals surface area contributed by atoms with E-state index in [2.05, 4.69) is 39.9 Å². The third kappa shape index (κ3) is 1.95. The predicted octanol–water partition coefficient (Wildman–Crippen LogP) is 3.15. The van der Waals surface area contributed by atoms with E-state index in [1.807, 2.05) is 22.9 Å². The monoisotopic (exact) mass is 265 g/mol. The molecule has 0 unspecified atom stereocenters. The highest BCUT2D eigenvalue weighted by molar-refractivity contribution is 9.10. The summed E-state index contributed by atoms with van der Waals surface area (Å²) in [6, 6.07) is 5.88. The molecule has 0 saturated carbocycles. The largest absolute Gasteiger partial charge is 0.236 e. The lowest BCUT2D eigenvalue weighted by Crippen LogP contribution is -2.06. The SMILES string of the molecule is CC(C)c1ccnn1-c1ncccc1Br. The molecule has 0 amide bonds. The van der Waals surface area contributed by atoms with Crippen molar-refractivity contribution in [3.8, 4) is 5.82 Å². The molecule has 3 nitrogen and oxygen atoms in total. The van der Waals surface area contributed by atoms with E-state index in [0.717, 1.165) is 16.0 Å². The van der Waals surface area contributed by atoms with Crippen LogP contribution in [0.1, 0.15) is 25.5 Å². The highest BCUT2D eigenvalue weighted by atomic mass is 79.9. The molecule has 2 rings (SSSR count). The van der Waals surface area contributed by atoms with Gasteiger partial charge in [-0.3, -0.25) is 0 Å². The zero-order valence-corrected chi connectivity index (χ0v) is 10.3. The fraction of sp³-hybridized carbons (Fsp3) is 0.273. The molecule has 0 atom stereocenters. The van der Waals surface area contributed by atoms with Crippen LogP contribution in [-0.4, -0.2) is 14.8 Å². The van der Waals surface area contributed by atoms with Crippen LogP contribution in [0.2, 0.25) is 0 Å². The van der Waals surface area contributed by atoms with Crippen LogP contribution in [0.5, 0.6) is 0 Å². The van der Waals surface area contributed by atoms with Gasteiger partial charge in [0.1, 0.15) is 0 Å². The van der Waals surface area contributed by atoms with Gasteiger partial charge in [-0.2, -0.15) is 5.10 Å². The van der Waals surface area contributed by atoms with Crippen molar-refractivity contribution in [2.45, 2.75) is 19.8 Å². The summed E-state index contributed by atoms with van der Waals surface area (Å²) in [5.41, 5.74) is 1.16. The minimum absolute atomic E-state index is 0.432. The first kappa shape index (κ1) is 10.4. The number of nitrogens with zero attached hydrogens (tertiary/aromatic N) is 3. The van der Waals surface area contributed by atoms with Gasteiger partial charge in [-0.25, -0.2) is 9.67 Å². The number of hydrogen-bond acceptors (Lipinski definition) is 2. The molecular formula is C11H12BrN3. The van der Waals surface area contributed by atoms with E-state index in [0.29, 0.717) is 5.92 Å². The Bertz CT molecular complexity index is 462. The Morgan fingerprint density at radius 1 is 1.27 bits per heavy atom. The Kier molecular flexibility index (Phi) is 2.86. The summed E-state index contributed by atoms with van der Waals surface area (Å²) in [6.07, 6.45) is 3.57. The quantitative estimate of drug-likeness (QED) is 0.835. The molecule has 2 aromatic heterocycles. The van der Waals surface area contributed by atoms with E-state index in [4.69, 9.17) is 0 Å². The first-order chi connectivity index (χ1) is 7.20. The van der Waals surface area contributed by atoms with E-state index in [1.54, 1.807) is 12.4 Å². The lowest BCUT2D eigenvalue weighted by molar-refractivity contribution is 0.719. The molecule has 0 fully saturated rings. The van der Waals surface area contributed by atoms with Crippen LogP contribution >= 0.6 is 15.9 Å². The molecule has 0 saturated heterocycles. The lowest BCUT2D eigenvalue weighted by atomic mass is 10.1. The molecule has 0 radical (unpaired) electrons. The molecular weight excluding hydrogens is 254 g/mol. The van der Waals surface area contributed by atoms with Gasteiger partial charge in [0, 0.05) is 18.1 Å². The van der Waals surface area contributed by atoms with E-state index in [-0.39, 0.29) is 0 Å². The second-order valence-corrected chi connectivity index (χ2v) is 4.49. The van der Waals surface area contributed by atoms with Gasteiger partial charge >= 0.3 is 0 Å². The molecule has 2 aromatic rings. The predicted molar refractivity (Wildman–Crippen MR) is 63.1 cm³/mol. The first-order valence-electron chi connectivity index (χ1n) is 4.85. The van der Waals surface area contributed by atoms with E-state index in [9.17, 15) is 0 Å². The van der Waals surface area contributed by atoms with E-state index >= 15 is 0 Å². The minimum Gasteiger partial charge on any atom is -0.236 e. The fourth-order valence-corrected chi connectivity index (χ4v) is 1.88. The molecule has 0 aliphatic carbocycles. The molecule has 15 heavy (non-hydrogen) atoms. The highest BCUT2D eigenvalue weighted by Crippen LogP contribution is 2.22. The van der Waals surface area contributed by atoms with Crippen molar-refractivity contribution in [2.75, 3.05) is 0 Å². The maximum absolute atomic E-state index is 4.32. The number of pyridine rings is 1. The maximum Gasteiger partial charge on any atom is 0.167 e. The summed E-state index contributed by atoms with van der Waals surface area (Å²) >= 11 is 3.48. The fourth-order valence-electron chi connectivity index (χ4n) is 1.46. The average molecular weight is 266 g/mol. The zero-order valence-electron chi connectivity index (χ0n) is 8.68. The molecule has 0 N–H and O–H groups in total. The van der Waals surface area contributed by atoms with Crippen LogP contribution in [0.15, 0.2) is 35.1 Å². The highest BCUT2D eigenvalue weighted by Gasteiger charge is 2.11. The molecule has 2 heterocycles. The lowest BCUT2D eigenvalue weighted by Gasteiger charge is -2.10. The van der Waals surface area contributed by atoms with Crippen LogP contribution in [0.3, 0.4) is 0 Å². The van der Waals surface area contributed by atoms with E-state index < -0.39 is 0 Å². The number of halogens is 1. The van der Waals surface area contributed by atoms with Crippen LogP contribution in [-0.2, 0) is 0 Å². The maximum atomic E-state index is 4.32. The summed E-state index contributed by atoms with van der Waals surface area (Å²) in [5.74, 6) is 1.27. The third-order valence-corrected chi connectivity index (χ3v) is 2.82. The summed E-state index contributed by atoms with van der Waals surface area (Å²) in [4.78, 5) is 4.32. The van der Waals surface area contributed by atoms with Crippen molar-refractivity contribution in [2.24, 2.45) is 0 Å². The molecule has 0 bridgehead atoms. The molecule has 0 aliphatic heterocycles. The number of hydrogen-bond donors (Lipinski definition) is 0. The standard InChI is InChI=1S/C11H12BrN3/c1-8(2)10-5-7-14-15(10)11-9(12)4-3-6-13-11/h3-8H,1-2H3. The molecule has 0 aromatic carbocycles. The Morgan fingerprint density at radius 2 is 2.07 bits per heavy atom. The smallest absolute Gasteiger partial charge is 0.167 e. The minimum atomic E-state index is 0.432. The van der Waals surface area contributed by atoms with Gasteiger partial charge in [0.05, 0.1) is 4.47 Å². The first-order valence-corrected chi connectivity index (χ1v) is 5.64.